The number of aromatic nitrogens is 5. The Hall–Kier alpha value is -2.62. The van der Waals surface area contributed by atoms with E-state index in [1.807, 2.05) is 17.7 Å². The van der Waals surface area contributed by atoms with Crippen molar-refractivity contribution >= 4 is 10.9 Å². The first-order valence-corrected chi connectivity index (χ1v) is 11.9. The summed E-state index contributed by atoms with van der Waals surface area (Å²) in [4.78, 5) is 18.3. The number of H-pyrrole nitrogens is 1. The molecule has 178 valence electrons. The molecule has 3 aromatic rings. The molecule has 0 radical (unpaired) electrons. The SMILES string of the molecule is CC[C@H](c1nnnn1C[C@@H]1CCCO1)N(CCCO)Cc1cc2cc(C)cc(C)c2[nH]c1=O. The third-order valence-corrected chi connectivity index (χ3v) is 6.43. The summed E-state index contributed by atoms with van der Waals surface area (Å²) >= 11 is 0. The summed E-state index contributed by atoms with van der Waals surface area (Å²) in [5.74, 6) is 0.773. The number of aryl methyl sites for hydroxylation is 2. The zero-order valence-corrected chi connectivity index (χ0v) is 19.8. The summed E-state index contributed by atoms with van der Waals surface area (Å²) in [7, 11) is 0. The lowest BCUT2D eigenvalue weighted by Crippen LogP contribution is -2.34. The number of aliphatic hydroxyl groups excluding tert-OH is 1. The molecule has 1 aliphatic heterocycles. The van der Waals surface area contributed by atoms with Gasteiger partial charge in [-0.2, -0.15) is 0 Å². The van der Waals surface area contributed by atoms with Gasteiger partial charge in [-0.3, -0.25) is 9.69 Å². The van der Waals surface area contributed by atoms with Gasteiger partial charge >= 0.3 is 0 Å². The number of ether oxygens (including phenoxy) is 1. The maximum atomic E-state index is 13.0. The molecule has 3 heterocycles. The third-order valence-electron chi connectivity index (χ3n) is 6.43. The van der Waals surface area contributed by atoms with Gasteiger partial charge in [-0.15, -0.1) is 5.10 Å². The molecule has 9 heteroatoms. The van der Waals surface area contributed by atoms with Crippen molar-refractivity contribution in [3.05, 3.63) is 51.1 Å². The van der Waals surface area contributed by atoms with Crippen LogP contribution in [-0.4, -0.2) is 61.1 Å². The van der Waals surface area contributed by atoms with E-state index in [-0.39, 0.29) is 24.3 Å². The summed E-state index contributed by atoms with van der Waals surface area (Å²) in [6.07, 6.45) is 3.58. The van der Waals surface area contributed by atoms with E-state index in [1.54, 1.807) is 0 Å². The van der Waals surface area contributed by atoms with Crippen molar-refractivity contribution in [3.63, 3.8) is 0 Å². The maximum Gasteiger partial charge on any atom is 0.252 e. The molecule has 9 nitrogen and oxygen atoms in total. The van der Waals surface area contributed by atoms with Gasteiger partial charge in [0.05, 0.1) is 24.2 Å². The number of nitrogens with one attached hydrogen (secondary N) is 1. The molecule has 1 saturated heterocycles. The van der Waals surface area contributed by atoms with Crippen molar-refractivity contribution in [2.24, 2.45) is 0 Å². The first-order valence-electron chi connectivity index (χ1n) is 11.9. The van der Waals surface area contributed by atoms with E-state index in [0.717, 1.165) is 53.7 Å². The Morgan fingerprint density at radius 1 is 1.33 bits per heavy atom. The normalized spacial score (nSPS) is 17.3. The van der Waals surface area contributed by atoms with E-state index in [1.165, 1.54) is 0 Å². The lowest BCUT2D eigenvalue weighted by atomic mass is 10.0. The van der Waals surface area contributed by atoms with Crippen molar-refractivity contribution < 1.29 is 9.84 Å². The fourth-order valence-electron chi connectivity index (χ4n) is 4.85. The van der Waals surface area contributed by atoms with Crippen LogP contribution in [0.25, 0.3) is 10.9 Å². The van der Waals surface area contributed by atoms with Crippen LogP contribution in [0, 0.1) is 13.8 Å². The highest BCUT2D eigenvalue weighted by Crippen LogP contribution is 2.26. The largest absolute Gasteiger partial charge is 0.396 e. The molecule has 2 atom stereocenters. The van der Waals surface area contributed by atoms with Crippen molar-refractivity contribution in [1.29, 1.82) is 0 Å². The van der Waals surface area contributed by atoms with E-state index in [0.29, 0.717) is 31.6 Å². The van der Waals surface area contributed by atoms with Gasteiger partial charge < -0.3 is 14.8 Å². The van der Waals surface area contributed by atoms with Crippen LogP contribution in [0.4, 0.5) is 0 Å². The number of nitrogens with zero attached hydrogens (tertiary/aromatic N) is 5. The van der Waals surface area contributed by atoms with Crippen LogP contribution >= 0.6 is 0 Å². The Morgan fingerprint density at radius 3 is 2.91 bits per heavy atom. The van der Waals surface area contributed by atoms with Gasteiger partial charge in [0.15, 0.2) is 5.82 Å². The molecule has 0 bridgehead atoms. The fourth-order valence-corrected chi connectivity index (χ4v) is 4.85. The molecule has 1 aliphatic rings. The standard InChI is InChI=1S/C24H34N6O3/c1-4-21(23-26-27-28-30(23)15-20-7-5-10-33-20)29(8-6-9-31)14-19-13-18-12-16(2)11-17(3)22(18)25-24(19)32/h11-13,20-21,31H,4-10,14-15H2,1-3H3,(H,25,32)/t20-,21+/m0/s1. The van der Waals surface area contributed by atoms with E-state index < -0.39 is 0 Å². The van der Waals surface area contributed by atoms with Crippen molar-refractivity contribution in [2.75, 3.05) is 19.8 Å². The average Bonchev–Trinajstić information content (AvgIpc) is 3.46. The van der Waals surface area contributed by atoms with Crippen molar-refractivity contribution in [3.8, 4) is 0 Å². The van der Waals surface area contributed by atoms with Gasteiger partial charge in [-0.05, 0) is 73.0 Å². The van der Waals surface area contributed by atoms with E-state index in [2.05, 4.69) is 51.4 Å². The zero-order valence-electron chi connectivity index (χ0n) is 19.8. The minimum Gasteiger partial charge on any atom is -0.396 e. The van der Waals surface area contributed by atoms with Gasteiger partial charge in [0.2, 0.25) is 0 Å². The van der Waals surface area contributed by atoms with Crippen LogP contribution in [0.15, 0.2) is 23.0 Å². The smallest absolute Gasteiger partial charge is 0.252 e. The number of hydrogen-bond donors (Lipinski definition) is 2. The summed E-state index contributed by atoms with van der Waals surface area (Å²) in [6.45, 7) is 8.74. The van der Waals surface area contributed by atoms with Gasteiger partial charge in [0, 0.05) is 31.9 Å². The Labute approximate surface area is 193 Å². The molecule has 0 amide bonds. The van der Waals surface area contributed by atoms with Crippen molar-refractivity contribution in [2.45, 2.75) is 71.7 Å². The molecule has 1 aromatic carbocycles. The monoisotopic (exact) mass is 454 g/mol. The van der Waals surface area contributed by atoms with Gasteiger partial charge in [0.25, 0.3) is 5.56 Å². The van der Waals surface area contributed by atoms with Crippen LogP contribution in [0.3, 0.4) is 0 Å². The number of rotatable bonds is 10. The fraction of sp³-hybridized carbons (Fsp3) is 0.583. The molecule has 0 unspecified atom stereocenters. The maximum absolute atomic E-state index is 13.0. The first-order chi connectivity index (χ1) is 16.0. The van der Waals surface area contributed by atoms with E-state index >= 15 is 0 Å². The molecule has 2 N–H and O–H groups in total. The van der Waals surface area contributed by atoms with Crippen LogP contribution < -0.4 is 5.56 Å². The van der Waals surface area contributed by atoms with E-state index in [9.17, 15) is 9.90 Å². The summed E-state index contributed by atoms with van der Waals surface area (Å²) in [6, 6.07) is 6.08. The van der Waals surface area contributed by atoms with Crippen LogP contribution in [0.2, 0.25) is 0 Å². The Kier molecular flexibility index (Phi) is 7.52. The van der Waals surface area contributed by atoms with Crippen LogP contribution in [0.5, 0.6) is 0 Å². The number of benzene rings is 1. The lowest BCUT2D eigenvalue weighted by molar-refractivity contribution is 0.0888. The number of hydrogen-bond acceptors (Lipinski definition) is 7. The summed E-state index contributed by atoms with van der Waals surface area (Å²) < 4.78 is 7.62. The highest BCUT2D eigenvalue weighted by atomic mass is 16.5. The molecular weight excluding hydrogens is 420 g/mol. The van der Waals surface area contributed by atoms with Gasteiger partial charge in [-0.25, -0.2) is 4.68 Å². The topological polar surface area (TPSA) is 109 Å². The van der Waals surface area contributed by atoms with Crippen molar-refractivity contribution in [1.82, 2.24) is 30.1 Å². The number of aliphatic hydroxyl groups is 1. The highest BCUT2D eigenvalue weighted by Gasteiger charge is 2.27. The molecule has 0 saturated carbocycles. The molecular formula is C24H34N6O3. The lowest BCUT2D eigenvalue weighted by Gasteiger charge is -2.30. The highest BCUT2D eigenvalue weighted by molar-refractivity contribution is 5.82. The Balaban J connectivity index is 1.65. The molecule has 4 rings (SSSR count). The molecule has 2 aromatic heterocycles. The number of fused-ring (bicyclic) bond motifs is 1. The first kappa shape index (κ1) is 23.5. The van der Waals surface area contributed by atoms with E-state index in [4.69, 9.17) is 4.74 Å². The second-order valence-electron chi connectivity index (χ2n) is 9.00. The number of tetrazole rings is 1. The number of pyridine rings is 1. The third kappa shape index (κ3) is 5.31. The summed E-state index contributed by atoms with van der Waals surface area (Å²) in [5, 5.41) is 23.1. The van der Waals surface area contributed by atoms with Gasteiger partial charge in [0.1, 0.15) is 0 Å². The predicted molar refractivity (Wildman–Crippen MR) is 126 cm³/mol. The van der Waals surface area contributed by atoms with Gasteiger partial charge in [-0.1, -0.05) is 18.6 Å². The predicted octanol–water partition coefficient (Wildman–Crippen LogP) is 2.65. The molecule has 1 fully saturated rings. The second-order valence-corrected chi connectivity index (χ2v) is 9.00. The van der Waals surface area contributed by atoms with Crippen LogP contribution in [0.1, 0.15) is 61.2 Å². The average molecular weight is 455 g/mol. The molecule has 0 spiro atoms. The Bertz CT molecular complexity index is 1130. The minimum absolute atomic E-state index is 0.0812. The number of aromatic amines is 1. The Morgan fingerprint density at radius 2 is 2.18 bits per heavy atom. The second kappa shape index (κ2) is 10.5. The van der Waals surface area contributed by atoms with Crippen LogP contribution in [-0.2, 0) is 17.8 Å². The minimum atomic E-state index is -0.0859. The zero-order chi connectivity index (χ0) is 23.4. The quantitative estimate of drug-likeness (QED) is 0.485. The summed E-state index contributed by atoms with van der Waals surface area (Å²) in [5.41, 5.74) is 3.71. The molecule has 33 heavy (non-hydrogen) atoms. The molecule has 0 aliphatic carbocycles.